The molecule has 1 aliphatic heterocycles. The average Bonchev–Trinajstić information content (AvgIpc) is 3.01. The summed E-state index contributed by atoms with van der Waals surface area (Å²) in [6, 6.07) is 0. The van der Waals surface area contributed by atoms with Crippen molar-refractivity contribution in [2.24, 2.45) is 5.92 Å². The van der Waals surface area contributed by atoms with Crippen LogP contribution in [0.5, 0.6) is 5.88 Å². The average molecular weight is 262 g/mol. The van der Waals surface area contributed by atoms with Gasteiger partial charge in [0.25, 0.3) is 0 Å². The highest BCUT2D eigenvalue weighted by Crippen LogP contribution is 2.36. The van der Waals surface area contributed by atoms with Crippen LogP contribution in [0.1, 0.15) is 32.9 Å². The van der Waals surface area contributed by atoms with Crippen molar-refractivity contribution >= 4 is 11.2 Å². The summed E-state index contributed by atoms with van der Waals surface area (Å²) in [5.41, 5.74) is 1.45. The first kappa shape index (κ1) is 12.3. The number of hydrogen-bond acceptors (Lipinski definition) is 5. The molecule has 102 valence electrons. The van der Waals surface area contributed by atoms with Crippen LogP contribution in [0, 0.1) is 5.92 Å². The minimum Gasteiger partial charge on any atom is -0.479 e. The van der Waals surface area contributed by atoms with Crippen LogP contribution in [0.4, 0.5) is 0 Å². The van der Waals surface area contributed by atoms with Crippen LogP contribution in [-0.2, 0) is 4.74 Å². The molecule has 3 atom stereocenters. The summed E-state index contributed by atoms with van der Waals surface area (Å²) in [5, 5.41) is 0. The van der Waals surface area contributed by atoms with Gasteiger partial charge in [-0.3, -0.25) is 4.57 Å². The van der Waals surface area contributed by atoms with Gasteiger partial charge in [0.05, 0.1) is 19.5 Å². The zero-order valence-electron chi connectivity index (χ0n) is 11.4. The largest absolute Gasteiger partial charge is 0.479 e. The lowest BCUT2D eigenvalue weighted by Gasteiger charge is -2.14. The zero-order chi connectivity index (χ0) is 13.4. The molecule has 6 nitrogen and oxygen atoms in total. The molecular formula is C13H18N4O2. The van der Waals surface area contributed by atoms with E-state index in [2.05, 4.69) is 28.8 Å². The second-order valence-corrected chi connectivity index (χ2v) is 4.96. The first-order valence-electron chi connectivity index (χ1n) is 6.61. The Bertz CT molecular complexity index is 583. The van der Waals surface area contributed by atoms with Crippen LogP contribution in [0.25, 0.3) is 11.2 Å². The highest BCUT2D eigenvalue weighted by Gasteiger charge is 2.33. The molecule has 0 spiro atoms. The second-order valence-electron chi connectivity index (χ2n) is 4.96. The third-order valence-electron chi connectivity index (χ3n) is 3.77. The van der Waals surface area contributed by atoms with E-state index in [1.54, 1.807) is 13.4 Å². The van der Waals surface area contributed by atoms with Crippen molar-refractivity contribution in [3.05, 3.63) is 12.7 Å². The zero-order valence-corrected chi connectivity index (χ0v) is 11.4. The molecular weight excluding hydrogens is 244 g/mol. The predicted molar refractivity (Wildman–Crippen MR) is 69.9 cm³/mol. The summed E-state index contributed by atoms with van der Waals surface area (Å²) >= 11 is 0. The van der Waals surface area contributed by atoms with Gasteiger partial charge in [0, 0.05) is 0 Å². The summed E-state index contributed by atoms with van der Waals surface area (Å²) in [6.07, 6.45) is 5.58. The molecule has 1 fully saturated rings. The van der Waals surface area contributed by atoms with E-state index in [9.17, 15) is 0 Å². The number of rotatable bonds is 3. The molecule has 0 amide bonds. The summed E-state index contributed by atoms with van der Waals surface area (Å²) in [6.45, 7) is 4.38. The molecule has 0 aliphatic carbocycles. The van der Waals surface area contributed by atoms with Gasteiger partial charge in [-0.05, 0) is 18.8 Å². The van der Waals surface area contributed by atoms with Gasteiger partial charge >= 0.3 is 0 Å². The smallest absolute Gasteiger partial charge is 0.245 e. The van der Waals surface area contributed by atoms with Crippen LogP contribution < -0.4 is 4.74 Å². The van der Waals surface area contributed by atoms with Crippen LogP contribution >= 0.6 is 0 Å². The van der Waals surface area contributed by atoms with Crippen molar-refractivity contribution in [2.75, 3.05) is 7.11 Å². The van der Waals surface area contributed by atoms with Crippen molar-refractivity contribution in [1.29, 1.82) is 0 Å². The molecule has 0 radical (unpaired) electrons. The number of fused-ring (bicyclic) bond motifs is 1. The second kappa shape index (κ2) is 4.77. The number of methoxy groups -OCH3 is 1. The molecule has 0 saturated carbocycles. The maximum atomic E-state index is 6.07. The molecule has 19 heavy (non-hydrogen) atoms. The van der Waals surface area contributed by atoms with E-state index in [1.165, 1.54) is 6.33 Å². The van der Waals surface area contributed by atoms with Gasteiger partial charge in [-0.25, -0.2) is 9.97 Å². The van der Waals surface area contributed by atoms with Crippen molar-refractivity contribution in [3.63, 3.8) is 0 Å². The van der Waals surface area contributed by atoms with E-state index in [0.717, 1.165) is 18.5 Å². The fraction of sp³-hybridized carbons (Fsp3) is 0.615. The minimum atomic E-state index is 0.00422. The van der Waals surface area contributed by atoms with Gasteiger partial charge in [0.15, 0.2) is 11.2 Å². The molecule has 3 heterocycles. The van der Waals surface area contributed by atoms with Crippen LogP contribution in [0.3, 0.4) is 0 Å². The van der Waals surface area contributed by atoms with E-state index in [-0.39, 0.29) is 6.23 Å². The summed E-state index contributed by atoms with van der Waals surface area (Å²) in [5.74, 6) is 1.05. The monoisotopic (exact) mass is 262 g/mol. The van der Waals surface area contributed by atoms with Gasteiger partial charge in [-0.2, -0.15) is 4.98 Å². The number of ether oxygens (including phenoxy) is 2. The molecule has 0 N–H and O–H groups in total. The third-order valence-corrected chi connectivity index (χ3v) is 3.77. The van der Waals surface area contributed by atoms with Gasteiger partial charge in [0.2, 0.25) is 5.88 Å². The molecule has 6 heteroatoms. The molecule has 2 aromatic rings. The minimum absolute atomic E-state index is 0.00422. The van der Waals surface area contributed by atoms with Crippen LogP contribution in [0.15, 0.2) is 12.7 Å². The van der Waals surface area contributed by atoms with Crippen molar-refractivity contribution < 1.29 is 9.47 Å². The molecule has 1 saturated heterocycles. The standard InChI is InChI=1S/C13H18N4O2/c1-4-9-8(2)5-10(19-9)17-7-16-11-12(17)14-6-15-13(11)18-3/h6-10H,4-5H2,1-3H3/t8?,9-,10-/m1/s1. The summed E-state index contributed by atoms with van der Waals surface area (Å²) in [7, 11) is 1.59. The van der Waals surface area contributed by atoms with Gasteiger partial charge in [-0.15, -0.1) is 0 Å². The van der Waals surface area contributed by atoms with Gasteiger partial charge < -0.3 is 9.47 Å². The fourth-order valence-corrected chi connectivity index (χ4v) is 2.73. The highest BCUT2D eigenvalue weighted by molar-refractivity contribution is 5.75. The predicted octanol–water partition coefficient (Wildman–Crippen LogP) is 2.17. The Balaban J connectivity index is 1.98. The van der Waals surface area contributed by atoms with E-state index >= 15 is 0 Å². The Morgan fingerprint density at radius 1 is 1.42 bits per heavy atom. The molecule has 2 aromatic heterocycles. The Labute approximate surface area is 111 Å². The lowest BCUT2D eigenvalue weighted by Crippen LogP contribution is -2.12. The van der Waals surface area contributed by atoms with Crippen molar-refractivity contribution in [2.45, 2.75) is 39.0 Å². The topological polar surface area (TPSA) is 62.1 Å². The lowest BCUT2D eigenvalue weighted by molar-refractivity contribution is -0.00304. The maximum absolute atomic E-state index is 6.07. The Kier molecular flexibility index (Phi) is 3.10. The highest BCUT2D eigenvalue weighted by atomic mass is 16.5. The molecule has 1 unspecified atom stereocenters. The molecule has 0 bridgehead atoms. The number of aromatic nitrogens is 4. The van der Waals surface area contributed by atoms with Crippen molar-refractivity contribution in [1.82, 2.24) is 19.5 Å². The van der Waals surface area contributed by atoms with E-state index in [0.29, 0.717) is 23.4 Å². The number of hydrogen-bond donors (Lipinski definition) is 0. The third kappa shape index (κ3) is 1.96. The first-order chi connectivity index (χ1) is 9.24. The van der Waals surface area contributed by atoms with Crippen LogP contribution in [-0.4, -0.2) is 32.7 Å². The van der Waals surface area contributed by atoms with E-state index in [4.69, 9.17) is 9.47 Å². The molecule has 3 rings (SSSR count). The lowest BCUT2D eigenvalue weighted by atomic mass is 10.0. The Morgan fingerprint density at radius 2 is 2.26 bits per heavy atom. The fourth-order valence-electron chi connectivity index (χ4n) is 2.73. The maximum Gasteiger partial charge on any atom is 0.245 e. The quantitative estimate of drug-likeness (QED) is 0.848. The van der Waals surface area contributed by atoms with E-state index in [1.807, 2.05) is 4.57 Å². The normalized spacial score (nSPS) is 27.0. The van der Waals surface area contributed by atoms with Gasteiger partial charge in [0.1, 0.15) is 12.6 Å². The van der Waals surface area contributed by atoms with E-state index < -0.39 is 0 Å². The summed E-state index contributed by atoms with van der Waals surface area (Å²) in [4.78, 5) is 12.7. The number of nitrogens with zero attached hydrogens (tertiary/aromatic N) is 4. The summed E-state index contributed by atoms with van der Waals surface area (Å²) < 4.78 is 13.2. The molecule has 0 aromatic carbocycles. The molecule has 1 aliphatic rings. The SMILES string of the molecule is CC[C@H]1O[C@@H](n2cnc3c(OC)ncnc32)CC1C. The van der Waals surface area contributed by atoms with Crippen LogP contribution in [0.2, 0.25) is 0 Å². The Morgan fingerprint density at radius 3 is 2.95 bits per heavy atom. The number of imidazole rings is 1. The Hall–Kier alpha value is -1.69. The first-order valence-corrected chi connectivity index (χ1v) is 6.61. The van der Waals surface area contributed by atoms with Gasteiger partial charge in [-0.1, -0.05) is 13.8 Å². The van der Waals surface area contributed by atoms with Crippen molar-refractivity contribution in [3.8, 4) is 5.88 Å².